The molecule has 0 aromatic carbocycles. The van der Waals surface area contributed by atoms with Gasteiger partial charge in [0, 0.05) is 31.3 Å². The van der Waals surface area contributed by atoms with Gasteiger partial charge in [-0.2, -0.15) is 13.2 Å². The maximum absolute atomic E-state index is 12.9. The molecule has 1 N–H and O–H groups in total. The molecule has 1 aliphatic rings. The molecule has 0 aliphatic heterocycles. The van der Waals surface area contributed by atoms with E-state index in [-0.39, 0.29) is 17.1 Å². The summed E-state index contributed by atoms with van der Waals surface area (Å²) in [6.07, 6.45) is -3.11. The van der Waals surface area contributed by atoms with Crippen LogP contribution in [0.5, 0.6) is 0 Å². The number of nitrogens with one attached hydrogen (secondary N) is 1. The Balaban J connectivity index is 2.36. The van der Waals surface area contributed by atoms with E-state index in [1.807, 2.05) is 0 Å². The minimum atomic E-state index is -4.39. The SMILES string of the molecule is COCCNc1cc(Cl)nc2c1C(C(F)(F)F)=CC2. The van der Waals surface area contributed by atoms with Crippen molar-refractivity contribution in [1.29, 1.82) is 0 Å². The van der Waals surface area contributed by atoms with Crippen molar-refractivity contribution < 1.29 is 17.9 Å². The van der Waals surface area contributed by atoms with Crippen LogP contribution in [0, 0.1) is 0 Å². The standard InChI is InChI=1S/C12H12ClF3N2O/c1-19-5-4-17-9-6-10(13)18-8-3-2-7(11(8)9)12(14,15)16/h2,6H,3-5H2,1H3,(H,17,18). The predicted molar refractivity (Wildman–Crippen MR) is 67.3 cm³/mol. The van der Waals surface area contributed by atoms with Gasteiger partial charge in [0.2, 0.25) is 0 Å². The second-order valence-corrected chi connectivity index (χ2v) is 4.44. The summed E-state index contributed by atoms with van der Waals surface area (Å²) in [4.78, 5) is 3.95. The molecule has 0 spiro atoms. The minimum Gasteiger partial charge on any atom is -0.383 e. The first-order valence-electron chi connectivity index (χ1n) is 5.63. The quantitative estimate of drug-likeness (QED) is 0.683. The van der Waals surface area contributed by atoms with Crippen molar-refractivity contribution >= 4 is 22.9 Å². The first kappa shape index (κ1) is 14.1. The van der Waals surface area contributed by atoms with E-state index in [0.717, 1.165) is 6.08 Å². The number of allylic oxidation sites excluding steroid dienone is 2. The van der Waals surface area contributed by atoms with E-state index in [2.05, 4.69) is 10.3 Å². The highest BCUT2D eigenvalue weighted by Gasteiger charge is 2.39. The Morgan fingerprint density at radius 3 is 2.84 bits per heavy atom. The van der Waals surface area contributed by atoms with Crippen molar-refractivity contribution in [2.45, 2.75) is 12.6 Å². The van der Waals surface area contributed by atoms with Gasteiger partial charge in [0.1, 0.15) is 5.15 Å². The maximum Gasteiger partial charge on any atom is 0.416 e. The van der Waals surface area contributed by atoms with Crippen molar-refractivity contribution in [1.82, 2.24) is 4.98 Å². The molecular formula is C12H12ClF3N2O. The van der Waals surface area contributed by atoms with Gasteiger partial charge in [0.15, 0.2) is 0 Å². The Morgan fingerprint density at radius 2 is 2.21 bits per heavy atom. The number of ether oxygens (including phenoxy) is 1. The molecule has 0 unspecified atom stereocenters. The third-order valence-corrected chi connectivity index (χ3v) is 2.95. The lowest BCUT2D eigenvalue weighted by molar-refractivity contribution is -0.0687. The summed E-state index contributed by atoms with van der Waals surface area (Å²) < 4.78 is 43.6. The van der Waals surface area contributed by atoms with Crippen molar-refractivity contribution in [3.63, 3.8) is 0 Å². The molecule has 1 aromatic heterocycles. The van der Waals surface area contributed by atoms with Gasteiger partial charge >= 0.3 is 6.18 Å². The molecule has 0 bridgehead atoms. The normalized spacial score (nSPS) is 14.3. The number of rotatable bonds is 4. The Hall–Kier alpha value is -1.27. The van der Waals surface area contributed by atoms with Crippen LogP contribution in [0.15, 0.2) is 12.1 Å². The fourth-order valence-corrected chi connectivity index (χ4v) is 2.21. The van der Waals surface area contributed by atoms with Crippen LogP contribution < -0.4 is 5.32 Å². The van der Waals surface area contributed by atoms with E-state index in [1.54, 1.807) is 0 Å². The average molecular weight is 293 g/mol. The summed E-state index contributed by atoms with van der Waals surface area (Å²) in [7, 11) is 1.52. The van der Waals surface area contributed by atoms with Crippen LogP contribution in [0.4, 0.5) is 18.9 Å². The number of alkyl halides is 3. The molecule has 0 radical (unpaired) electrons. The molecule has 3 nitrogen and oxygen atoms in total. The molecule has 0 fully saturated rings. The molecule has 7 heteroatoms. The van der Waals surface area contributed by atoms with Crippen LogP contribution in [0.2, 0.25) is 5.15 Å². The molecule has 1 heterocycles. The molecule has 19 heavy (non-hydrogen) atoms. The van der Waals surface area contributed by atoms with E-state index in [4.69, 9.17) is 16.3 Å². The van der Waals surface area contributed by atoms with Crippen LogP contribution in [-0.4, -0.2) is 31.4 Å². The van der Waals surface area contributed by atoms with E-state index in [1.165, 1.54) is 13.2 Å². The molecule has 1 aliphatic carbocycles. The number of halogens is 4. The molecule has 0 atom stereocenters. The van der Waals surface area contributed by atoms with Gasteiger partial charge in [-0.25, -0.2) is 4.98 Å². The molecule has 104 valence electrons. The Kier molecular flexibility index (Phi) is 4.01. The number of hydrogen-bond donors (Lipinski definition) is 1. The summed E-state index contributed by atoms with van der Waals surface area (Å²) in [6.45, 7) is 0.786. The summed E-state index contributed by atoms with van der Waals surface area (Å²) in [5.41, 5.74) is 0.118. The summed E-state index contributed by atoms with van der Waals surface area (Å²) in [5.74, 6) is 0. The fraction of sp³-hybridized carbons (Fsp3) is 0.417. The zero-order valence-electron chi connectivity index (χ0n) is 10.1. The van der Waals surface area contributed by atoms with E-state index < -0.39 is 11.7 Å². The zero-order valence-corrected chi connectivity index (χ0v) is 10.9. The first-order chi connectivity index (χ1) is 8.93. The summed E-state index contributed by atoms with van der Waals surface area (Å²) in [6, 6.07) is 1.40. The third-order valence-electron chi connectivity index (χ3n) is 2.76. The van der Waals surface area contributed by atoms with Gasteiger partial charge in [0.25, 0.3) is 0 Å². The van der Waals surface area contributed by atoms with Crippen LogP contribution in [0.25, 0.3) is 5.57 Å². The number of aromatic nitrogens is 1. The Morgan fingerprint density at radius 1 is 1.47 bits per heavy atom. The van der Waals surface area contributed by atoms with Crippen LogP contribution in [0.3, 0.4) is 0 Å². The van der Waals surface area contributed by atoms with E-state index in [0.29, 0.717) is 24.5 Å². The van der Waals surface area contributed by atoms with Crippen LogP contribution in [0.1, 0.15) is 11.3 Å². The molecule has 0 amide bonds. The van der Waals surface area contributed by atoms with Crippen molar-refractivity contribution in [3.8, 4) is 0 Å². The van der Waals surface area contributed by atoms with Gasteiger partial charge in [0.05, 0.1) is 17.9 Å². The number of hydrogen-bond acceptors (Lipinski definition) is 3. The minimum absolute atomic E-state index is 0.0907. The summed E-state index contributed by atoms with van der Waals surface area (Å²) >= 11 is 5.82. The second kappa shape index (κ2) is 5.38. The highest BCUT2D eigenvalue weighted by atomic mass is 35.5. The molecule has 1 aromatic rings. The smallest absolute Gasteiger partial charge is 0.383 e. The molecule has 2 rings (SSSR count). The highest BCUT2D eigenvalue weighted by Crippen LogP contribution is 2.43. The van der Waals surface area contributed by atoms with Gasteiger partial charge in [-0.3, -0.25) is 0 Å². The molecule has 0 saturated carbocycles. The molecular weight excluding hydrogens is 281 g/mol. The van der Waals surface area contributed by atoms with Gasteiger partial charge < -0.3 is 10.1 Å². The van der Waals surface area contributed by atoms with Crippen LogP contribution in [-0.2, 0) is 11.2 Å². The number of nitrogens with zero attached hydrogens (tertiary/aromatic N) is 1. The molecule has 0 saturated heterocycles. The highest BCUT2D eigenvalue weighted by molar-refractivity contribution is 6.29. The second-order valence-electron chi connectivity index (χ2n) is 4.05. The monoisotopic (exact) mass is 292 g/mol. The Bertz CT molecular complexity index is 514. The summed E-state index contributed by atoms with van der Waals surface area (Å²) in [5, 5.41) is 3.07. The average Bonchev–Trinajstić information content (AvgIpc) is 2.72. The number of fused-ring (bicyclic) bond motifs is 1. The zero-order chi connectivity index (χ0) is 14.0. The lowest BCUT2D eigenvalue weighted by Crippen LogP contribution is -2.14. The lowest BCUT2D eigenvalue weighted by Gasteiger charge is -2.16. The number of anilines is 1. The van der Waals surface area contributed by atoms with Gasteiger partial charge in [-0.05, 0) is 6.07 Å². The third kappa shape index (κ3) is 3.01. The largest absolute Gasteiger partial charge is 0.416 e. The topological polar surface area (TPSA) is 34.1 Å². The number of pyridine rings is 1. The van der Waals surface area contributed by atoms with Crippen molar-refractivity contribution in [2.24, 2.45) is 0 Å². The van der Waals surface area contributed by atoms with E-state index >= 15 is 0 Å². The van der Waals surface area contributed by atoms with Gasteiger partial charge in [-0.1, -0.05) is 17.7 Å². The number of methoxy groups -OCH3 is 1. The first-order valence-corrected chi connectivity index (χ1v) is 6.01. The maximum atomic E-state index is 12.9. The van der Waals surface area contributed by atoms with Crippen molar-refractivity contribution in [2.75, 3.05) is 25.6 Å². The van der Waals surface area contributed by atoms with Crippen LogP contribution >= 0.6 is 11.6 Å². The van der Waals surface area contributed by atoms with Gasteiger partial charge in [-0.15, -0.1) is 0 Å². The van der Waals surface area contributed by atoms with E-state index in [9.17, 15) is 13.2 Å². The predicted octanol–water partition coefficient (Wildman–Crippen LogP) is 3.30. The van der Waals surface area contributed by atoms with Crippen molar-refractivity contribution in [3.05, 3.63) is 28.6 Å². The fourth-order valence-electron chi connectivity index (χ4n) is 2.00. The lowest BCUT2D eigenvalue weighted by atomic mass is 10.1. The Labute approximate surface area is 113 Å².